The summed E-state index contributed by atoms with van der Waals surface area (Å²) < 4.78 is 27.9. The number of allylic oxidation sites excluding steroid dienone is 1. The number of rotatable bonds is 4. The summed E-state index contributed by atoms with van der Waals surface area (Å²) in [5.41, 5.74) is 1.99. The lowest BCUT2D eigenvalue weighted by Crippen LogP contribution is -2.45. The highest BCUT2D eigenvalue weighted by Crippen LogP contribution is 2.38. The minimum absolute atomic E-state index is 0.0427. The average Bonchev–Trinajstić information content (AvgIpc) is 3.10. The predicted octanol–water partition coefficient (Wildman–Crippen LogP) is 5.76. The molecule has 2 aliphatic heterocycles. The summed E-state index contributed by atoms with van der Waals surface area (Å²) in [6, 6.07) is 11.4. The van der Waals surface area contributed by atoms with Gasteiger partial charge in [-0.1, -0.05) is 44.0 Å². The van der Waals surface area contributed by atoms with E-state index < -0.39 is 22.5 Å². The minimum Gasteiger partial charge on any atom is -0.491 e. The number of nitrogens with zero attached hydrogens (tertiary/aromatic N) is 1. The second-order valence-electron chi connectivity index (χ2n) is 10.9. The second kappa shape index (κ2) is 13.3. The third-order valence-corrected chi connectivity index (χ3v) is 8.92. The van der Waals surface area contributed by atoms with Gasteiger partial charge in [-0.3, -0.25) is 14.3 Å². The van der Waals surface area contributed by atoms with Crippen molar-refractivity contribution in [3.8, 4) is 5.75 Å². The zero-order chi connectivity index (χ0) is 28.9. The van der Waals surface area contributed by atoms with E-state index in [9.17, 15) is 13.8 Å². The van der Waals surface area contributed by atoms with Gasteiger partial charge in [0.25, 0.3) is 5.91 Å². The van der Waals surface area contributed by atoms with Crippen LogP contribution in [0.25, 0.3) is 0 Å². The number of carbonyl (C=O) groups excluding carboxylic acids is 2. The van der Waals surface area contributed by atoms with Crippen LogP contribution < -0.4 is 14.4 Å². The number of fused-ring (bicyclic) bond motifs is 1. The van der Waals surface area contributed by atoms with Gasteiger partial charge in [0.2, 0.25) is 0 Å². The SMILES string of the molecule is CCCc1cc(Cl)ccc1C1COc2ccc3cc2N(CCC(CC)C(=O)/C=C/COC(C)(C)C(=O)NS3=O)C1. The molecule has 0 fully saturated rings. The van der Waals surface area contributed by atoms with Crippen molar-refractivity contribution in [3.05, 3.63) is 64.7 Å². The van der Waals surface area contributed by atoms with Crippen LogP contribution in [0.1, 0.15) is 64.0 Å². The number of halogens is 1. The van der Waals surface area contributed by atoms with E-state index in [1.807, 2.05) is 31.2 Å². The van der Waals surface area contributed by atoms with Crippen LogP contribution in [-0.4, -0.2) is 47.8 Å². The number of anilines is 1. The van der Waals surface area contributed by atoms with Crippen molar-refractivity contribution in [2.24, 2.45) is 5.92 Å². The summed E-state index contributed by atoms with van der Waals surface area (Å²) >= 11 is 6.35. The molecule has 0 aliphatic carbocycles. The van der Waals surface area contributed by atoms with Crippen molar-refractivity contribution in [1.29, 1.82) is 0 Å². The van der Waals surface area contributed by atoms with Crippen LogP contribution in [0.5, 0.6) is 5.75 Å². The Morgan fingerprint density at radius 2 is 1.95 bits per heavy atom. The van der Waals surface area contributed by atoms with Crippen molar-refractivity contribution < 1.29 is 23.3 Å². The number of ketones is 1. The highest BCUT2D eigenvalue weighted by molar-refractivity contribution is 7.83. The van der Waals surface area contributed by atoms with Gasteiger partial charge in [0.1, 0.15) is 11.4 Å². The van der Waals surface area contributed by atoms with Gasteiger partial charge in [-0.05, 0) is 80.6 Å². The lowest BCUT2D eigenvalue weighted by Gasteiger charge is -2.29. The Morgan fingerprint density at radius 3 is 2.70 bits per heavy atom. The Labute approximate surface area is 244 Å². The molecule has 2 heterocycles. The number of hydrogen-bond donors (Lipinski definition) is 1. The standard InChI is InChI=1S/C31H39ClN2O5S/c1-5-8-22-17-24(32)10-12-26(22)23-19-34-15-14-21(6-2)28(35)9-7-16-39-31(3,4)30(36)33-40(37)25-11-13-29(38-20-23)27(34)18-25/h7,9-13,17-18,21,23H,5-6,8,14-16,19-20H2,1-4H3,(H,33,36)/b9-7+. The van der Waals surface area contributed by atoms with Crippen LogP contribution in [0.15, 0.2) is 53.4 Å². The fourth-order valence-electron chi connectivity index (χ4n) is 5.20. The monoisotopic (exact) mass is 586 g/mol. The Kier molecular flexibility index (Phi) is 10.1. The third kappa shape index (κ3) is 7.14. The Bertz CT molecular complexity index is 1290. The van der Waals surface area contributed by atoms with E-state index in [1.165, 1.54) is 11.1 Å². The molecule has 2 bridgehead atoms. The molecule has 0 saturated carbocycles. The first-order valence-electron chi connectivity index (χ1n) is 14.0. The van der Waals surface area contributed by atoms with Crippen LogP contribution in [-0.2, 0) is 31.7 Å². The molecule has 2 aliphatic rings. The molecule has 2 aromatic carbocycles. The molecule has 2 aromatic rings. The first-order chi connectivity index (χ1) is 19.1. The summed E-state index contributed by atoms with van der Waals surface area (Å²) in [7, 11) is -1.79. The van der Waals surface area contributed by atoms with E-state index in [4.69, 9.17) is 21.1 Å². The molecule has 40 heavy (non-hydrogen) atoms. The van der Waals surface area contributed by atoms with Crippen LogP contribution >= 0.6 is 11.6 Å². The van der Waals surface area contributed by atoms with Crippen molar-refractivity contribution in [2.45, 2.75) is 69.8 Å². The molecule has 0 aromatic heterocycles. The molecule has 0 saturated heterocycles. The maximum Gasteiger partial charge on any atom is 0.263 e. The molecule has 9 heteroatoms. The highest BCUT2D eigenvalue weighted by Gasteiger charge is 2.31. The van der Waals surface area contributed by atoms with Gasteiger partial charge in [-0.2, -0.15) is 0 Å². The van der Waals surface area contributed by atoms with E-state index in [0.717, 1.165) is 23.6 Å². The Hall–Kier alpha value is -2.68. The predicted molar refractivity (Wildman–Crippen MR) is 159 cm³/mol. The van der Waals surface area contributed by atoms with Gasteiger partial charge >= 0.3 is 0 Å². The van der Waals surface area contributed by atoms with Crippen molar-refractivity contribution >= 4 is 40.0 Å². The van der Waals surface area contributed by atoms with Gasteiger partial charge in [0.15, 0.2) is 16.8 Å². The minimum atomic E-state index is -1.79. The van der Waals surface area contributed by atoms with Crippen LogP contribution in [0.3, 0.4) is 0 Å². The quantitative estimate of drug-likeness (QED) is 0.490. The van der Waals surface area contributed by atoms with Crippen molar-refractivity contribution in [1.82, 2.24) is 4.72 Å². The Morgan fingerprint density at radius 1 is 1.15 bits per heavy atom. The molecule has 4 rings (SSSR count). The maximum atomic E-state index is 13.2. The van der Waals surface area contributed by atoms with Gasteiger partial charge in [-0.25, -0.2) is 4.21 Å². The smallest absolute Gasteiger partial charge is 0.263 e. The molecule has 0 radical (unpaired) electrons. The first-order valence-corrected chi connectivity index (χ1v) is 15.5. The Balaban J connectivity index is 1.74. The zero-order valence-electron chi connectivity index (χ0n) is 23.7. The summed E-state index contributed by atoms with van der Waals surface area (Å²) in [6.45, 7) is 9.26. The number of ether oxygens (including phenoxy) is 2. The number of amides is 1. The fraction of sp³-hybridized carbons (Fsp3) is 0.484. The molecule has 7 nitrogen and oxygen atoms in total. The molecule has 1 amide bonds. The second-order valence-corrected chi connectivity index (χ2v) is 12.5. The number of carbonyl (C=O) groups is 2. The van der Waals surface area contributed by atoms with E-state index in [-0.39, 0.29) is 24.2 Å². The molecule has 216 valence electrons. The molecular formula is C31H39ClN2O5S. The van der Waals surface area contributed by atoms with Crippen LogP contribution in [0.2, 0.25) is 5.02 Å². The van der Waals surface area contributed by atoms with Crippen LogP contribution in [0.4, 0.5) is 5.69 Å². The molecular weight excluding hydrogens is 548 g/mol. The number of hydrogen-bond acceptors (Lipinski definition) is 6. The van der Waals surface area contributed by atoms with Crippen LogP contribution in [0, 0.1) is 5.92 Å². The fourth-order valence-corrected chi connectivity index (χ4v) is 6.33. The third-order valence-electron chi connectivity index (χ3n) is 7.63. The van der Waals surface area contributed by atoms with E-state index >= 15 is 0 Å². The summed E-state index contributed by atoms with van der Waals surface area (Å²) in [5, 5.41) is 0.718. The number of nitrogens with one attached hydrogen (secondary N) is 1. The largest absolute Gasteiger partial charge is 0.491 e. The first kappa shape index (κ1) is 30.3. The number of benzene rings is 2. The summed E-state index contributed by atoms with van der Waals surface area (Å²) in [6.07, 6.45) is 6.49. The van der Waals surface area contributed by atoms with E-state index in [2.05, 4.69) is 22.6 Å². The van der Waals surface area contributed by atoms with Crippen molar-refractivity contribution in [2.75, 3.05) is 31.2 Å². The molecule has 1 N–H and O–H groups in total. The highest BCUT2D eigenvalue weighted by atomic mass is 35.5. The number of aryl methyl sites for hydroxylation is 1. The zero-order valence-corrected chi connectivity index (χ0v) is 25.3. The summed E-state index contributed by atoms with van der Waals surface area (Å²) in [5.74, 6) is 0.137. The lowest BCUT2D eigenvalue weighted by molar-refractivity contribution is -0.139. The van der Waals surface area contributed by atoms with E-state index in [1.54, 1.807) is 32.1 Å². The average molecular weight is 587 g/mol. The van der Waals surface area contributed by atoms with E-state index in [0.29, 0.717) is 43.2 Å². The molecule has 3 atom stereocenters. The summed E-state index contributed by atoms with van der Waals surface area (Å²) in [4.78, 5) is 28.6. The van der Waals surface area contributed by atoms with Gasteiger partial charge < -0.3 is 14.4 Å². The normalized spacial score (nSPS) is 24.5. The van der Waals surface area contributed by atoms with Crippen molar-refractivity contribution in [3.63, 3.8) is 0 Å². The molecule has 0 spiro atoms. The maximum absolute atomic E-state index is 13.2. The molecule has 3 unspecified atom stereocenters. The van der Waals surface area contributed by atoms with Gasteiger partial charge in [0.05, 0.1) is 23.8 Å². The lowest BCUT2D eigenvalue weighted by atomic mass is 9.91. The topological polar surface area (TPSA) is 84.9 Å². The van der Waals surface area contributed by atoms with Gasteiger partial charge in [-0.15, -0.1) is 0 Å². The van der Waals surface area contributed by atoms with Gasteiger partial charge in [0, 0.05) is 29.9 Å².